The first-order chi connectivity index (χ1) is 17.5. The largest absolute Gasteiger partial charge is 1.00 e. The molecule has 0 atom stereocenters. The smallest absolute Gasteiger partial charge is 0.169 e. The molecule has 0 aliphatic heterocycles. The highest BCUT2D eigenvalue weighted by Gasteiger charge is 2.04. The molecule has 218 valence electrons. The molecule has 0 saturated heterocycles. The monoisotopic (exact) mass is 564 g/mol. The van der Waals surface area contributed by atoms with E-state index in [1.807, 2.05) is 0 Å². The Morgan fingerprint density at radius 2 is 0.737 bits per heavy atom. The van der Waals surface area contributed by atoms with Crippen molar-refractivity contribution in [3.63, 3.8) is 0 Å². The number of aromatic nitrogens is 2. The SMILES string of the molecule is CC(C)CCCc1cc[n+](CCCCCCCCCCCC[n+]2ccc(CCCC(C)C)cc2)cc1.[Cl-].[Cl-]. The van der Waals surface area contributed by atoms with E-state index in [0.29, 0.717) is 0 Å². The van der Waals surface area contributed by atoms with E-state index in [1.165, 1.54) is 127 Å². The molecule has 0 bridgehead atoms. The molecule has 4 heteroatoms. The fraction of sp³-hybridized carbons (Fsp3) is 0.706. The predicted molar refractivity (Wildman–Crippen MR) is 155 cm³/mol. The highest BCUT2D eigenvalue weighted by molar-refractivity contribution is 5.07. The van der Waals surface area contributed by atoms with E-state index in [2.05, 4.69) is 85.9 Å². The maximum Gasteiger partial charge on any atom is 0.169 e. The molecule has 0 spiro atoms. The fourth-order valence-electron chi connectivity index (χ4n) is 5.04. The van der Waals surface area contributed by atoms with Crippen LogP contribution in [0.3, 0.4) is 0 Å². The van der Waals surface area contributed by atoms with E-state index in [0.717, 1.165) is 11.8 Å². The quantitative estimate of drug-likeness (QED) is 0.163. The van der Waals surface area contributed by atoms with Gasteiger partial charge in [0.1, 0.15) is 13.1 Å². The summed E-state index contributed by atoms with van der Waals surface area (Å²) in [6.07, 6.45) is 30.7. The number of nitrogens with zero attached hydrogens (tertiary/aromatic N) is 2. The number of rotatable bonds is 21. The topological polar surface area (TPSA) is 7.76 Å². The lowest BCUT2D eigenvalue weighted by Crippen LogP contribution is -3.00. The molecule has 0 saturated carbocycles. The third-order valence-electron chi connectivity index (χ3n) is 7.50. The van der Waals surface area contributed by atoms with Crippen LogP contribution in [0.5, 0.6) is 0 Å². The number of unbranched alkanes of at least 4 members (excludes halogenated alkanes) is 9. The second kappa shape index (κ2) is 23.7. The van der Waals surface area contributed by atoms with E-state index in [-0.39, 0.29) is 24.8 Å². The molecule has 2 nitrogen and oxygen atoms in total. The minimum Gasteiger partial charge on any atom is -1.00 e. The Morgan fingerprint density at radius 3 is 1.03 bits per heavy atom. The Bertz CT molecular complexity index is 705. The normalized spacial score (nSPS) is 11.0. The van der Waals surface area contributed by atoms with Crippen LogP contribution < -0.4 is 33.9 Å². The predicted octanol–water partition coefficient (Wildman–Crippen LogP) is 2.83. The van der Waals surface area contributed by atoms with Crippen LogP contribution in [0.1, 0.15) is 129 Å². The van der Waals surface area contributed by atoms with Gasteiger partial charge in [-0.1, -0.05) is 79.1 Å². The van der Waals surface area contributed by atoms with Crippen LogP contribution in [0.2, 0.25) is 0 Å². The minimum atomic E-state index is 0. The number of hydrogen-bond donors (Lipinski definition) is 0. The molecule has 0 aromatic carbocycles. The van der Waals surface area contributed by atoms with Gasteiger partial charge in [-0.05, 0) is 61.5 Å². The molecule has 0 aliphatic rings. The van der Waals surface area contributed by atoms with Gasteiger partial charge in [0, 0.05) is 37.1 Å². The molecule has 0 unspecified atom stereocenters. The van der Waals surface area contributed by atoms with E-state index in [1.54, 1.807) is 0 Å². The summed E-state index contributed by atoms with van der Waals surface area (Å²) in [7, 11) is 0. The first-order valence-electron chi connectivity index (χ1n) is 15.5. The molecule has 2 aromatic rings. The van der Waals surface area contributed by atoms with Crippen molar-refractivity contribution in [3.05, 3.63) is 60.2 Å². The van der Waals surface area contributed by atoms with E-state index >= 15 is 0 Å². The van der Waals surface area contributed by atoms with Crippen LogP contribution in [0.15, 0.2) is 49.1 Å². The van der Waals surface area contributed by atoms with Gasteiger partial charge in [0.05, 0.1) is 0 Å². The number of aryl methyl sites for hydroxylation is 4. The lowest BCUT2D eigenvalue weighted by atomic mass is 10.0. The van der Waals surface area contributed by atoms with Crippen molar-refractivity contribution >= 4 is 0 Å². The van der Waals surface area contributed by atoms with Crippen LogP contribution in [0.4, 0.5) is 0 Å². The standard InChI is InChI=1S/C34H58N2.2ClH/c1-31(2)17-15-19-33-21-27-35(28-22-33)25-13-11-9-7-5-6-8-10-12-14-26-36-29-23-34(24-30-36)20-16-18-32(3)4;;/h21-24,27-32H,5-20,25-26H2,1-4H3;2*1H/q+2;;/p-2. The van der Waals surface area contributed by atoms with Gasteiger partial charge in [-0.25, -0.2) is 9.13 Å². The molecular formula is C34H58Cl2N2. The van der Waals surface area contributed by atoms with Gasteiger partial charge in [-0.3, -0.25) is 0 Å². The Labute approximate surface area is 248 Å². The summed E-state index contributed by atoms with van der Waals surface area (Å²) in [4.78, 5) is 0. The first-order valence-corrected chi connectivity index (χ1v) is 15.5. The summed E-state index contributed by atoms with van der Waals surface area (Å²) in [5, 5.41) is 0. The molecule has 38 heavy (non-hydrogen) atoms. The molecule has 0 fully saturated rings. The second-order valence-electron chi connectivity index (χ2n) is 12.0. The zero-order valence-corrected chi connectivity index (χ0v) is 26.7. The summed E-state index contributed by atoms with van der Waals surface area (Å²) >= 11 is 0. The van der Waals surface area contributed by atoms with Gasteiger partial charge in [-0.2, -0.15) is 0 Å². The van der Waals surface area contributed by atoms with Crippen LogP contribution in [0, 0.1) is 11.8 Å². The summed E-state index contributed by atoms with van der Waals surface area (Å²) < 4.78 is 4.74. The average molecular weight is 566 g/mol. The summed E-state index contributed by atoms with van der Waals surface area (Å²) in [5.41, 5.74) is 2.99. The van der Waals surface area contributed by atoms with Crippen molar-refractivity contribution in [1.82, 2.24) is 0 Å². The third-order valence-corrected chi connectivity index (χ3v) is 7.50. The zero-order valence-electron chi connectivity index (χ0n) is 25.2. The average Bonchev–Trinajstić information content (AvgIpc) is 2.86. The van der Waals surface area contributed by atoms with E-state index in [4.69, 9.17) is 0 Å². The Kier molecular flexibility index (Phi) is 23.0. The molecule has 2 heterocycles. The molecule has 2 aromatic heterocycles. The Hall–Kier alpha value is -1.12. The van der Waals surface area contributed by atoms with Crippen LogP contribution >= 0.6 is 0 Å². The van der Waals surface area contributed by atoms with Crippen molar-refractivity contribution in [1.29, 1.82) is 0 Å². The lowest BCUT2D eigenvalue weighted by Gasteiger charge is -2.04. The number of halogens is 2. The molecule has 0 radical (unpaired) electrons. The third kappa shape index (κ3) is 19.0. The summed E-state index contributed by atoms with van der Waals surface area (Å²) in [5.74, 6) is 1.64. The van der Waals surface area contributed by atoms with Gasteiger partial charge in [-0.15, -0.1) is 0 Å². The fourth-order valence-corrected chi connectivity index (χ4v) is 5.04. The molecular weight excluding hydrogens is 507 g/mol. The van der Waals surface area contributed by atoms with Gasteiger partial charge in [0.15, 0.2) is 24.8 Å². The van der Waals surface area contributed by atoms with E-state index in [9.17, 15) is 0 Å². The molecule has 0 N–H and O–H groups in total. The lowest BCUT2D eigenvalue weighted by molar-refractivity contribution is -0.697. The van der Waals surface area contributed by atoms with Gasteiger partial charge in [0.2, 0.25) is 0 Å². The highest BCUT2D eigenvalue weighted by Crippen LogP contribution is 2.12. The molecule has 0 amide bonds. The minimum absolute atomic E-state index is 0. The van der Waals surface area contributed by atoms with Crippen molar-refractivity contribution in [2.24, 2.45) is 11.8 Å². The van der Waals surface area contributed by atoms with Crippen molar-refractivity contribution in [2.75, 3.05) is 0 Å². The van der Waals surface area contributed by atoms with E-state index < -0.39 is 0 Å². The highest BCUT2D eigenvalue weighted by atomic mass is 35.5. The Morgan fingerprint density at radius 1 is 0.447 bits per heavy atom. The summed E-state index contributed by atoms with van der Waals surface area (Å²) in [6, 6.07) is 9.30. The van der Waals surface area contributed by atoms with Crippen molar-refractivity contribution in [3.8, 4) is 0 Å². The zero-order chi connectivity index (χ0) is 25.8. The van der Waals surface area contributed by atoms with Crippen LogP contribution in [-0.4, -0.2) is 0 Å². The number of pyridine rings is 2. The summed E-state index contributed by atoms with van der Waals surface area (Å²) in [6.45, 7) is 11.6. The molecule has 0 aliphatic carbocycles. The van der Waals surface area contributed by atoms with Gasteiger partial charge in [0.25, 0.3) is 0 Å². The maximum atomic E-state index is 2.37. The van der Waals surface area contributed by atoms with Gasteiger partial charge >= 0.3 is 0 Å². The van der Waals surface area contributed by atoms with Crippen LogP contribution in [-0.2, 0) is 25.9 Å². The van der Waals surface area contributed by atoms with Crippen LogP contribution in [0.25, 0.3) is 0 Å². The maximum absolute atomic E-state index is 2.37. The van der Waals surface area contributed by atoms with Crippen molar-refractivity contribution in [2.45, 2.75) is 144 Å². The van der Waals surface area contributed by atoms with Gasteiger partial charge < -0.3 is 24.8 Å². The molecule has 2 rings (SSSR count). The Balaban J connectivity index is 0.00000684. The number of hydrogen-bond acceptors (Lipinski definition) is 0. The van der Waals surface area contributed by atoms with Crippen molar-refractivity contribution < 1.29 is 33.9 Å². The first kappa shape index (κ1) is 36.9. The second-order valence-corrected chi connectivity index (χ2v) is 12.0.